The molecule has 0 spiro atoms. The Morgan fingerprint density at radius 3 is 2.44 bits per heavy atom. The lowest BCUT2D eigenvalue weighted by Crippen LogP contribution is -2.45. The van der Waals surface area contributed by atoms with Crippen LogP contribution in [0.15, 0.2) is 48.5 Å². The van der Waals surface area contributed by atoms with Crippen LogP contribution in [0.4, 0.5) is 0 Å². The molecule has 3 aliphatic rings. The van der Waals surface area contributed by atoms with Gasteiger partial charge in [-0.2, -0.15) is 0 Å². The van der Waals surface area contributed by atoms with Crippen molar-refractivity contribution in [2.45, 2.75) is 38.3 Å². The number of hydrogen-bond donors (Lipinski definition) is 1. The average molecular weight is 431 g/mol. The number of imide groups is 1. The molecule has 1 N–H and O–H groups in total. The molecule has 32 heavy (non-hydrogen) atoms. The van der Waals surface area contributed by atoms with E-state index in [1.54, 1.807) is 17.0 Å². The summed E-state index contributed by atoms with van der Waals surface area (Å²) in [5.41, 5.74) is 1.82. The van der Waals surface area contributed by atoms with Gasteiger partial charge in [0.15, 0.2) is 0 Å². The van der Waals surface area contributed by atoms with Gasteiger partial charge in [0.2, 0.25) is 5.91 Å². The molecular weight excluding hydrogens is 406 g/mol. The fourth-order valence-corrected chi connectivity index (χ4v) is 4.44. The van der Waals surface area contributed by atoms with Crippen LogP contribution in [0.2, 0.25) is 0 Å². The minimum atomic E-state index is -0.385. The van der Waals surface area contributed by atoms with E-state index in [0.717, 1.165) is 31.2 Å². The quantitative estimate of drug-likeness (QED) is 0.738. The number of rotatable bonds is 5. The number of hydrogen-bond acceptors (Lipinski definition) is 4. The highest BCUT2D eigenvalue weighted by molar-refractivity contribution is 6.22. The van der Waals surface area contributed by atoms with E-state index in [1.807, 2.05) is 30.3 Å². The molecule has 0 aromatic heterocycles. The molecule has 0 bridgehead atoms. The zero-order valence-corrected chi connectivity index (χ0v) is 17.8. The van der Waals surface area contributed by atoms with Gasteiger partial charge in [0, 0.05) is 24.7 Å². The molecule has 1 saturated carbocycles. The van der Waals surface area contributed by atoms with E-state index in [4.69, 9.17) is 0 Å². The molecular formula is C25H25N3O4. The molecule has 2 aromatic carbocycles. The smallest absolute Gasteiger partial charge is 0.261 e. The van der Waals surface area contributed by atoms with Crippen molar-refractivity contribution in [2.24, 2.45) is 5.92 Å². The van der Waals surface area contributed by atoms with Gasteiger partial charge in [-0.25, -0.2) is 0 Å². The van der Waals surface area contributed by atoms with Crippen LogP contribution in [0, 0.1) is 5.92 Å². The number of carbonyl (C=O) groups is 4. The van der Waals surface area contributed by atoms with E-state index in [-0.39, 0.29) is 41.7 Å². The molecule has 2 aromatic rings. The van der Waals surface area contributed by atoms with Crippen molar-refractivity contribution in [2.75, 3.05) is 13.1 Å². The average Bonchev–Trinajstić information content (AvgIpc) is 3.62. The second-order valence-electron chi connectivity index (χ2n) is 8.82. The Balaban J connectivity index is 1.31. The van der Waals surface area contributed by atoms with Crippen molar-refractivity contribution >= 4 is 23.6 Å². The normalized spacial score (nSPS) is 20.3. The van der Waals surface area contributed by atoms with Crippen molar-refractivity contribution in [3.05, 3.63) is 70.8 Å². The van der Waals surface area contributed by atoms with Gasteiger partial charge in [0.05, 0.1) is 23.6 Å². The summed E-state index contributed by atoms with van der Waals surface area (Å²) in [6.07, 6.45) is 3.60. The van der Waals surface area contributed by atoms with Crippen LogP contribution < -0.4 is 5.32 Å². The molecule has 5 rings (SSSR count). The first kappa shape index (κ1) is 20.4. The first-order valence-corrected chi connectivity index (χ1v) is 11.1. The first-order chi connectivity index (χ1) is 15.5. The maximum absolute atomic E-state index is 13.1. The molecule has 2 heterocycles. The third-order valence-electron chi connectivity index (χ3n) is 6.40. The highest BCUT2D eigenvalue weighted by atomic mass is 16.2. The summed E-state index contributed by atoms with van der Waals surface area (Å²) in [5.74, 6) is -1.12. The third kappa shape index (κ3) is 3.90. The second kappa shape index (κ2) is 8.22. The van der Waals surface area contributed by atoms with E-state index in [9.17, 15) is 19.2 Å². The summed E-state index contributed by atoms with van der Waals surface area (Å²) in [7, 11) is 0. The van der Waals surface area contributed by atoms with Crippen LogP contribution in [0.1, 0.15) is 62.3 Å². The lowest BCUT2D eigenvalue weighted by molar-refractivity contribution is -0.126. The number of piperidine rings is 1. The summed E-state index contributed by atoms with van der Waals surface area (Å²) < 4.78 is 0. The predicted octanol–water partition coefficient (Wildman–Crippen LogP) is 2.61. The molecule has 0 radical (unpaired) electrons. The Kier molecular flexibility index (Phi) is 5.25. The van der Waals surface area contributed by atoms with Crippen LogP contribution >= 0.6 is 0 Å². The third-order valence-corrected chi connectivity index (χ3v) is 6.40. The van der Waals surface area contributed by atoms with Crippen molar-refractivity contribution in [1.82, 2.24) is 15.1 Å². The minimum Gasteiger partial charge on any atom is -0.353 e. The molecule has 7 heteroatoms. The molecule has 1 saturated heterocycles. The van der Waals surface area contributed by atoms with E-state index >= 15 is 0 Å². The van der Waals surface area contributed by atoms with Crippen LogP contribution in [0.5, 0.6) is 0 Å². The van der Waals surface area contributed by atoms with Crippen LogP contribution in [0.25, 0.3) is 0 Å². The Hall–Kier alpha value is -3.48. The Morgan fingerprint density at radius 2 is 1.69 bits per heavy atom. The van der Waals surface area contributed by atoms with Crippen molar-refractivity contribution in [3.8, 4) is 0 Å². The maximum Gasteiger partial charge on any atom is 0.261 e. The number of nitrogens with one attached hydrogen (secondary N) is 1. The number of fused-ring (bicyclic) bond motifs is 1. The van der Waals surface area contributed by atoms with E-state index in [1.165, 1.54) is 11.0 Å². The molecule has 2 aliphatic heterocycles. The van der Waals surface area contributed by atoms with Crippen molar-refractivity contribution in [3.63, 3.8) is 0 Å². The summed E-state index contributed by atoms with van der Waals surface area (Å²) in [5, 5.41) is 3.03. The monoisotopic (exact) mass is 431 g/mol. The topological polar surface area (TPSA) is 86.8 Å². The molecule has 1 atom stereocenters. The van der Waals surface area contributed by atoms with Crippen LogP contribution in [0.3, 0.4) is 0 Å². The SMILES string of the molecule is O=C(NC1CC1)C1CCCN(C(=O)c2ccc3c(c2)C(=O)N(Cc2ccccc2)C3=O)C1. The van der Waals surface area contributed by atoms with Crippen molar-refractivity contribution in [1.29, 1.82) is 0 Å². The zero-order valence-electron chi connectivity index (χ0n) is 17.8. The van der Waals surface area contributed by atoms with E-state index in [2.05, 4.69) is 5.32 Å². The first-order valence-electron chi connectivity index (χ1n) is 11.1. The summed E-state index contributed by atoms with van der Waals surface area (Å²) in [4.78, 5) is 54.2. The number of amides is 4. The van der Waals surface area contributed by atoms with E-state index < -0.39 is 0 Å². The number of benzene rings is 2. The molecule has 1 unspecified atom stereocenters. The maximum atomic E-state index is 13.1. The van der Waals surface area contributed by atoms with Gasteiger partial charge in [-0.15, -0.1) is 0 Å². The summed E-state index contributed by atoms with van der Waals surface area (Å²) >= 11 is 0. The largest absolute Gasteiger partial charge is 0.353 e. The molecule has 2 fully saturated rings. The molecule has 4 amide bonds. The standard InChI is InChI=1S/C25H25N3O4/c29-22(26-19-9-10-19)18-7-4-12-27(15-18)23(30)17-8-11-20-21(13-17)25(32)28(24(20)31)14-16-5-2-1-3-6-16/h1-3,5-6,8,11,13,18-19H,4,7,9-10,12,14-15H2,(H,26,29). The van der Waals surface area contributed by atoms with Gasteiger partial charge >= 0.3 is 0 Å². The van der Waals surface area contributed by atoms with Gasteiger partial charge in [0.25, 0.3) is 17.7 Å². The van der Waals surface area contributed by atoms with Gasteiger partial charge in [0.1, 0.15) is 0 Å². The molecule has 7 nitrogen and oxygen atoms in total. The van der Waals surface area contributed by atoms with Gasteiger partial charge in [-0.05, 0) is 49.4 Å². The van der Waals surface area contributed by atoms with E-state index in [0.29, 0.717) is 30.3 Å². The van der Waals surface area contributed by atoms with Crippen molar-refractivity contribution < 1.29 is 19.2 Å². The fourth-order valence-electron chi connectivity index (χ4n) is 4.44. The van der Waals surface area contributed by atoms with Gasteiger partial charge in [-0.3, -0.25) is 24.1 Å². The Morgan fingerprint density at radius 1 is 0.938 bits per heavy atom. The zero-order chi connectivity index (χ0) is 22.2. The second-order valence-corrected chi connectivity index (χ2v) is 8.82. The number of nitrogens with zero attached hydrogens (tertiary/aromatic N) is 2. The number of carbonyl (C=O) groups excluding carboxylic acids is 4. The fraction of sp³-hybridized carbons (Fsp3) is 0.360. The van der Waals surface area contributed by atoms with Gasteiger partial charge < -0.3 is 10.2 Å². The van der Waals surface area contributed by atoms with Crippen LogP contribution in [-0.2, 0) is 11.3 Å². The minimum absolute atomic E-state index is 0.0243. The molecule has 164 valence electrons. The lowest BCUT2D eigenvalue weighted by atomic mass is 9.96. The molecule has 1 aliphatic carbocycles. The predicted molar refractivity (Wildman–Crippen MR) is 117 cm³/mol. The lowest BCUT2D eigenvalue weighted by Gasteiger charge is -2.32. The highest BCUT2D eigenvalue weighted by Gasteiger charge is 2.37. The summed E-state index contributed by atoms with van der Waals surface area (Å²) in [6.45, 7) is 1.15. The van der Waals surface area contributed by atoms with Crippen LogP contribution in [-0.4, -0.2) is 52.6 Å². The van der Waals surface area contributed by atoms with Gasteiger partial charge in [-0.1, -0.05) is 30.3 Å². The highest BCUT2D eigenvalue weighted by Crippen LogP contribution is 2.27. The Bertz CT molecular complexity index is 1090. The number of likely N-dealkylation sites (tertiary alicyclic amines) is 1. The Labute approximate surface area is 186 Å². The summed E-state index contributed by atoms with van der Waals surface area (Å²) in [6, 6.07) is 14.3.